The van der Waals surface area contributed by atoms with Gasteiger partial charge in [-0.25, -0.2) is 4.98 Å². The molecule has 1 aromatic carbocycles. The van der Waals surface area contributed by atoms with E-state index in [4.69, 9.17) is 5.26 Å². The van der Waals surface area contributed by atoms with E-state index in [0.717, 1.165) is 11.1 Å². The van der Waals surface area contributed by atoms with E-state index in [-0.39, 0.29) is 0 Å². The largest absolute Gasteiger partial charge is 0.338 e. The average molecular weight is 209 g/mol. The van der Waals surface area contributed by atoms with Gasteiger partial charge < -0.3 is 4.98 Å². The van der Waals surface area contributed by atoms with Crippen LogP contribution in [0, 0.1) is 11.3 Å². The van der Waals surface area contributed by atoms with Crippen molar-refractivity contribution in [2.45, 2.75) is 0 Å². The standard InChI is InChI=1S/C11H7N5/c12-4-7-2-1-3-9-10(7)16-11(15-9)8-5-13-14-6-8/h1-3,5-6H,(H,13,14)(H,15,16). The highest BCUT2D eigenvalue weighted by Crippen LogP contribution is 2.21. The molecule has 2 aromatic heterocycles. The van der Waals surface area contributed by atoms with Crippen molar-refractivity contribution in [2.24, 2.45) is 0 Å². The Morgan fingerprint density at radius 2 is 2.25 bits per heavy atom. The van der Waals surface area contributed by atoms with Gasteiger partial charge in [-0.15, -0.1) is 0 Å². The van der Waals surface area contributed by atoms with Crippen molar-refractivity contribution >= 4 is 11.0 Å². The number of para-hydroxylation sites is 1. The minimum Gasteiger partial charge on any atom is -0.338 e. The van der Waals surface area contributed by atoms with Crippen LogP contribution in [0.1, 0.15) is 5.56 Å². The normalized spacial score (nSPS) is 10.4. The number of rotatable bonds is 1. The number of hydrogen-bond donors (Lipinski definition) is 2. The summed E-state index contributed by atoms with van der Waals surface area (Å²) in [4.78, 5) is 7.54. The second-order valence-electron chi connectivity index (χ2n) is 3.39. The summed E-state index contributed by atoms with van der Waals surface area (Å²) in [5.41, 5.74) is 3.00. The van der Waals surface area contributed by atoms with Gasteiger partial charge in [0, 0.05) is 6.20 Å². The Kier molecular flexibility index (Phi) is 1.74. The molecule has 0 amide bonds. The van der Waals surface area contributed by atoms with E-state index in [0.29, 0.717) is 16.9 Å². The molecule has 0 saturated heterocycles. The maximum absolute atomic E-state index is 8.95. The molecule has 0 unspecified atom stereocenters. The summed E-state index contributed by atoms with van der Waals surface area (Å²) >= 11 is 0. The molecule has 5 nitrogen and oxygen atoms in total. The predicted octanol–water partition coefficient (Wildman–Crippen LogP) is 1.82. The van der Waals surface area contributed by atoms with E-state index < -0.39 is 0 Å². The molecular weight excluding hydrogens is 202 g/mol. The third kappa shape index (κ3) is 1.17. The van der Waals surface area contributed by atoms with Crippen molar-refractivity contribution < 1.29 is 0 Å². The Hall–Kier alpha value is -2.61. The molecule has 0 aliphatic carbocycles. The van der Waals surface area contributed by atoms with Crippen molar-refractivity contribution in [1.29, 1.82) is 5.26 Å². The van der Waals surface area contributed by atoms with Crippen molar-refractivity contribution in [3.63, 3.8) is 0 Å². The van der Waals surface area contributed by atoms with E-state index >= 15 is 0 Å². The van der Waals surface area contributed by atoms with E-state index in [1.54, 1.807) is 18.5 Å². The van der Waals surface area contributed by atoms with Crippen LogP contribution >= 0.6 is 0 Å². The van der Waals surface area contributed by atoms with Gasteiger partial charge in [-0.05, 0) is 12.1 Å². The molecule has 0 fully saturated rings. The van der Waals surface area contributed by atoms with Crippen LogP contribution in [0.15, 0.2) is 30.6 Å². The van der Waals surface area contributed by atoms with Crippen LogP contribution in [0.25, 0.3) is 22.4 Å². The van der Waals surface area contributed by atoms with E-state index in [1.807, 2.05) is 12.1 Å². The zero-order chi connectivity index (χ0) is 11.0. The number of nitrogens with one attached hydrogen (secondary N) is 2. The van der Waals surface area contributed by atoms with Crippen LogP contribution in [-0.2, 0) is 0 Å². The molecule has 0 aliphatic rings. The third-order valence-corrected chi connectivity index (χ3v) is 2.40. The molecule has 3 rings (SSSR count). The fraction of sp³-hybridized carbons (Fsp3) is 0. The van der Waals surface area contributed by atoms with Crippen molar-refractivity contribution in [3.05, 3.63) is 36.2 Å². The molecule has 0 bridgehead atoms. The molecular formula is C11H7N5. The van der Waals surface area contributed by atoms with Crippen molar-refractivity contribution in [2.75, 3.05) is 0 Å². The number of fused-ring (bicyclic) bond motifs is 1. The maximum Gasteiger partial charge on any atom is 0.141 e. The van der Waals surface area contributed by atoms with Crippen LogP contribution in [0.3, 0.4) is 0 Å². The van der Waals surface area contributed by atoms with Gasteiger partial charge in [0.1, 0.15) is 17.4 Å². The summed E-state index contributed by atoms with van der Waals surface area (Å²) < 4.78 is 0. The first-order valence-corrected chi connectivity index (χ1v) is 4.76. The lowest BCUT2D eigenvalue weighted by molar-refractivity contribution is 1.09. The topological polar surface area (TPSA) is 81.1 Å². The lowest BCUT2D eigenvalue weighted by Gasteiger charge is -1.87. The minimum absolute atomic E-state index is 0.573. The Morgan fingerprint density at radius 3 is 3.00 bits per heavy atom. The quantitative estimate of drug-likeness (QED) is 0.641. The van der Waals surface area contributed by atoms with Crippen molar-refractivity contribution in [1.82, 2.24) is 20.2 Å². The van der Waals surface area contributed by atoms with Gasteiger partial charge in [0.15, 0.2) is 0 Å². The lowest BCUT2D eigenvalue weighted by atomic mass is 10.2. The van der Waals surface area contributed by atoms with Crippen molar-refractivity contribution in [3.8, 4) is 17.5 Å². The first kappa shape index (κ1) is 8.68. The first-order valence-electron chi connectivity index (χ1n) is 4.76. The summed E-state index contributed by atoms with van der Waals surface area (Å²) in [7, 11) is 0. The predicted molar refractivity (Wildman–Crippen MR) is 58.4 cm³/mol. The van der Waals surface area contributed by atoms with E-state index in [1.165, 1.54) is 0 Å². The zero-order valence-corrected chi connectivity index (χ0v) is 8.23. The molecule has 76 valence electrons. The van der Waals surface area contributed by atoms with Gasteiger partial charge in [0.2, 0.25) is 0 Å². The number of nitrogens with zero attached hydrogens (tertiary/aromatic N) is 3. The molecule has 2 heterocycles. The summed E-state index contributed by atoms with van der Waals surface area (Å²) in [6, 6.07) is 7.60. The molecule has 5 heteroatoms. The number of H-pyrrole nitrogens is 2. The van der Waals surface area contributed by atoms with Crippen LogP contribution in [0.5, 0.6) is 0 Å². The smallest absolute Gasteiger partial charge is 0.141 e. The summed E-state index contributed by atoms with van der Waals surface area (Å²) in [5.74, 6) is 0.714. The summed E-state index contributed by atoms with van der Waals surface area (Å²) in [6.07, 6.45) is 3.44. The summed E-state index contributed by atoms with van der Waals surface area (Å²) in [5, 5.41) is 15.5. The molecule has 0 spiro atoms. The Balaban J connectivity index is 2.28. The monoisotopic (exact) mass is 209 g/mol. The molecule has 0 radical (unpaired) electrons. The first-order chi connectivity index (χ1) is 7.88. The highest BCUT2D eigenvalue weighted by atomic mass is 15.1. The molecule has 16 heavy (non-hydrogen) atoms. The van der Waals surface area contributed by atoms with Gasteiger partial charge in [0.05, 0.1) is 22.8 Å². The van der Waals surface area contributed by atoms with E-state index in [9.17, 15) is 0 Å². The Morgan fingerprint density at radius 1 is 1.31 bits per heavy atom. The molecule has 0 saturated carbocycles. The van der Waals surface area contributed by atoms with Crippen LogP contribution in [-0.4, -0.2) is 20.2 Å². The lowest BCUT2D eigenvalue weighted by Crippen LogP contribution is -1.77. The second kappa shape index (κ2) is 3.21. The summed E-state index contributed by atoms with van der Waals surface area (Å²) in [6.45, 7) is 0. The number of benzene rings is 1. The molecule has 3 aromatic rings. The van der Waals surface area contributed by atoms with Gasteiger partial charge in [-0.1, -0.05) is 6.07 Å². The zero-order valence-electron chi connectivity index (χ0n) is 8.23. The van der Waals surface area contributed by atoms with Gasteiger partial charge >= 0.3 is 0 Å². The van der Waals surface area contributed by atoms with Crippen LogP contribution < -0.4 is 0 Å². The number of imidazole rings is 1. The van der Waals surface area contributed by atoms with Crippen LogP contribution in [0.2, 0.25) is 0 Å². The van der Waals surface area contributed by atoms with Gasteiger partial charge in [0.25, 0.3) is 0 Å². The Bertz CT molecular complexity index is 672. The Labute approximate surface area is 90.8 Å². The fourth-order valence-corrected chi connectivity index (χ4v) is 1.64. The van der Waals surface area contributed by atoms with Gasteiger partial charge in [-0.2, -0.15) is 10.4 Å². The second-order valence-corrected chi connectivity index (χ2v) is 3.39. The number of nitriles is 1. The SMILES string of the molecule is N#Cc1cccc2[nH]c(-c3cn[nH]c3)nc12. The number of aromatic nitrogens is 4. The van der Waals surface area contributed by atoms with Crippen LogP contribution in [0.4, 0.5) is 0 Å². The number of hydrogen-bond acceptors (Lipinski definition) is 3. The van der Waals surface area contributed by atoms with Gasteiger partial charge in [-0.3, -0.25) is 5.10 Å². The highest BCUT2D eigenvalue weighted by molar-refractivity contribution is 5.84. The minimum atomic E-state index is 0.573. The third-order valence-electron chi connectivity index (χ3n) is 2.40. The maximum atomic E-state index is 8.95. The number of aromatic amines is 2. The average Bonchev–Trinajstić information content (AvgIpc) is 2.96. The molecule has 0 aliphatic heterocycles. The highest BCUT2D eigenvalue weighted by Gasteiger charge is 2.08. The molecule has 0 atom stereocenters. The van der Waals surface area contributed by atoms with E-state index in [2.05, 4.69) is 26.2 Å². The fourth-order valence-electron chi connectivity index (χ4n) is 1.64. The molecule has 2 N–H and O–H groups in total.